The number of hydrogen-bond acceptors (Lipinski definition) is 8. The Hall–Kier alpha value is -4.48. The van der Waals surface area contributed by atoms with Gasteiger partial charge in [0.25, 0.3) is 0 Å². The van der Waals surface area contributed by atoms with Gasteiger partial charge in [-0.05, 0) is 25.3 Å². The lowest BCUT2D eigenvalue weighted by molar-refractivity contribution is -0.111. The van der Waals surface area contributed by atoms with Gasteiger partial charge in [0.05, 0.1) is 49.3 Å². The van der Waals surface area contributed by atoms with Gasteiger partial charge in [-0.1, -0.05) is 24.8 Å². The number of anilines is 4. The molecule has 0 saturated heterocycles. The summed E-state index contributed by atoms with van der Waals surface area (Å²) >= 11 is 0. The molecule has 10 nitrogen and oxygen atoms in total. The number of hydrogen-bond donors (Lipinski definition) is 3. The zero-order chi connectivity index (χ0) is 28.2. The summed E-state index contributed by atoms with van der Waals surface area (Å²) in [5.74, 6) is -0.222. The van der Waals surface area contributed by atoms with E-state index in [1.165, 1.54) is 6.08 Å². The molecular formula is C29H32FN7O3. The monoisotopic (exact) mass is 545 g/mol. The van der Waals surface area contributed by atoms with E-state index >= 15 is 4.39 Å². The Bertz CT molecular complexity index is 1570. The van der Waals surface area contributed by atoms with Crippen molar-refractivity contribution in [1.29, 1.82) is 0 Å². The molecule has 5 rings (SSSR count). The first kappa shape index (κ1) is 27.1. The summed E-state index contributed by atoms with van der Waals surface area (Å²) in [6.45, 7) is 6.62. The predicted molar refractivity (Wildman–Crippen MR) is 155 cm³/mol. The van der Waals surface area contributed by atoms with Crippen molar-refractivity contribution in [2.24, 2.45) is 0 Å². The van der Waals surface area contributed by atoms with E-state index in [-0.39, 0.29) is 17.5 Å². The van der Waals surface area contributed by atoms with E-state index in [0.717, 1.165) is 35.0 Å². The van der Waals surface area contributed by atoms with Crippen LogP contribution in [-0.2, 0) is 22.7 Å². The van der Waals surface area contributed by atoms with Crippen molar-refractivity contribution in [3.63, 3.8) is 0 Å². The minimum absolute atomic E-state index is 0.174. The van der Waals surface area contributed by atoms with Crippen LogP contribution in [0.4, 0.5) is 27.4 Å². The largest absolute Gasteiger partial charge is 0.494 e. The van der Waals surface area contributed by atoms with Crippen LogP contribution in [0, 0.1) is 5.82 Å². The Morgan fingerprint density at radius 1 is 1.30 bits per heavy atom. The van der Waals surface area contributed by atoms with E-state index in [2.05, 4.69) is 37.1 Å². The second-order valence-electron chi connectivity index (χ2n) is 9.35. The maximum Gasteiger partial charge on any atom is 0.247 e. The number of para-hydroxylation sites is 1. The number of amides is 1. The van der Waals surface area contributed by atoms with Crippen LogP contribution in [0.1, 0.15) is 5.69 Å². The summed E-state index contributed by atoms with van der Waals surface area (Å²) in [7, 11) is 5.35. The van der Waals surface area contributed by atoms with E-state index in [1.54, 1.807) is 13.2 Å². The van der Waals surface area contributed by atoms with E-state index < -0.39 is 5.82 Å². The smallest absolute Gasteiger partial charge is 0.247 e. The third-order valence-electron chi connectivity index (χ3n) is 6.87. The molecule has 0 unspecified atom stereocenters. The van der Waals surface area contributed by atoms with Crippen molar-refractivity contribution in [1.82, 2.24) is 19.9 Å². The van der Waals surface area contributed by atoms with Crippen LogP contribution in [-0.4, -0.2) is 61.3 Å². The van der Waals surface area contributed by atoms with Crippen molar-refractivity contribution in [3.05, 3.63) is 66.8 Å². The number of carbonyl (C=O) groups is 1. The Kier molecular flexibility index (Phi) is 7.94. The summed E-state index contributed by atoms with van der Waals surface area (Å²) in [6.07, 6.45) is 2.36. The van der Waals surface area contributed by atoms with Gasteiger partial charge in [0, 0.05) is 49.2 Å². The molecule has 1 aliphatic heterocycles. The highest BCUT2D eigenvalue weighted by atomic mass is 19.1. The van der Waals surface area contributed by atoms with Gasteiger partial charge in [-0.25, -0.2) is 14.4 Å². The first-order chi connectivity index (χ1) is 19.4. The molecule has 0 spiro atoms. The lowest BCUT2D eigenvalue weighted by Gasteiger charge is -2.24. The second-order valence-corrected chi connectivity index (χ2v) is 9.35. The van der Waals surface area contributed by atoms with E-state index in [0.29, 0.717) is 49.0 Å². The molecule has 0 bridgehead atoms. The first-order valence-electron chi connectivity index (χ1n) is 12.9. The van der Waals surface area contributed by atoms with Gasteiger partial charge in [-0.15, -0.1) is 0 Å². The van der Waals surface area contributed by atoms with E-state index in [1.807, 2.05) is 49.3 Å². The van der Waals surface area contributed by atoms with Gasteiger partial charge in [-0.2, -0.15) is 0 Å². The van der Waals surface area contributed by atoms with Gasteiger partial charge in [0.15, 0.2) is 5.82 Å². The van der Waals surface area contributed by atoms with Crippen LogP contribution in [0.5, 0.6) is 5.75 Å². The highest BCUT2D eigenvalue weighted by Crippen LogP contribution is 2.40. The number of nitrogens with one attached hydrogen (secondary N) is 3. The number of halogens is 1. The van der Waals surface area contributed by atoms with Crippen LogP contribution in [0.15, 0.2) is 55.3 Å². The van der Waals surface area contributed by atoms with Crippen LogP contribution in [0.25, 0.3) is 22.2 Å². The number of carbonyl (C=O) groups excluding carboxylic acids is 1. The number of ether oxygens (including phenoxy) is 2. The van der Waals surface area contributed by atoms with Crippen LogP contribution in [0.2, 0.25) is 0 Å². The molecule has 2 aromatic heterocycles. The molecule has 0 atom stereocenters. The molecule has 0 aliphatic carbocycles. The van der Waals surface area contributed by atoms with Crippen molar-refractivity contribution in [2.75, 3.05) is 56.4 Å². The fraction of sp³-hybridized carbons (Fsp3) is 0.276. The molecule has 40 heavy (non-hydrogen) atoms. The molecule has 0 fully saturated rings. The zero-order valence-electron chi connectivity index (χ0n) is 22.8. The maximum atomic E-state index is 15.3. The highest BCUT2D eigenvalue weighted by molar-refractivity contribution is 6.02. The average molecular weight is 546 g/mol. The minimum atomic E-state index is -0.539. The number of likely N-dealkylation sites (N-methyl/N-ethyl adjacent to an activating group) is 2. The van der Waals surface area contributed by atoms with Crippen molar-refractivity contribution in [2.45, 2.75) is 13.2 Å². The average Bonchev–Trinajstić information content (AvgIpc) is 3.31. The van der Waals surface area contributed by atoms with E-state index in [4.69, 9.17) is 9.47 Å². The zero-order valence-corrected chi connectivity index (χ0v) is 22.8. The lowest BCUT2D eigenvalue weighted by atomic mass is 10.1. The molecule has 1 amide bonds. The molecule has 0 radical (unpaired) electrons. The van der Waals surface area contributed by atoms with Crippen molar-refractivity contribution >= 4 is 39.8 Å². The number of fused-ring (bicyclic) bond motifs is 3. The minimum Gasteiger partial charge on any atom is -0.494 e. The number of benzene rings is 2. The summed E-state index contributed by atoms with van der Waals surface area (Å²) in [6, 6.07) is 11.4. The Morgan fingerprint density at radius 3 is 2.90 bits per heavy atom. The number of methoxy groups -OCH3 is 1. The lowest BCUT2D eigenvalue weighted by Crippen LogP contribution is -2.28. The fourth-order valence-electron chi connectivity index (χ4n) is 4.91. The summed E-state index contributed by atoms with van der Waals surface area (Å²) < 4.78 is 28.9. The van der Waals surface area contributed by atoms with Gasteiger partial charge >= 0.3 is 0 Å². The molecule has 1 aliphatic rings. The van der Waals surface area contributed by atoms with Gasteiger partial charge in [-0.3, -0.25) is 4.79 Å². The van der Waals surface area contributed by atoms with Crippen molar-refractivity contribution < 1.29 is 18.7 Å². The predicted octanol–water partition coefficient (Wildman–Crippen LogP) is 4.30. The molecule has 11 heteroatoms. The molecule has 4 aromatic rings. The molecule has 3 N–H and O–H groups in total. The van der Waals surface area contributed by atoms with Gasteiger partial charge < -0.3 is 34.9 Å². The Labute approximate surface area is 231 Å². The van der Waals surface area contributed by atoms with E-state index in [9.17, 15) is 4.79 Å². The fourth-order valence-corrected chi connectivity index (χ4v) is 4.91. The van der Waals surface area contributed by atoms with Gasteiger partial charge in [0.1, 0.15) is 11.4 Å². The van der Waals surface area contributed by atoms with Crippen molar-refractivity contribution in [3.8, 4) is 17.0 Å². The topological polar surface area (TPSA) is 106 Å². The third-order valence-corrected chi connectivity index (χ3v) is 6.87. The van der Waals surface area contributed by atoms with Gasteiger partial charge in [0.2, 0.25) is 11.9 Å². The Balaban J connectivity index is 1.57. The normalized spacial score (nSPS) is 12.6. The number of nitrogens with zero attached hydrogens (tertiary/aromatic N) is 4. The Morgan fingerprint density at radius 2 is 2.12 bits per heavy atom. The van der Waals surface area contributed by atoms with Crippen LogP contribution in [0.3, 0.4) is 0 Å². The quantitative estimate of drug-likeness (QED) is 0.254. The van der Waals surface area contributed by atoms with Crippen LogP contribution < -0.4 is 25.6 Å². The first-order valence-corrected chi connectivity index (χ1v) is 12.9. The standard InChI is InChI=1S/C29H32FN7O3/c1-5-26(38)33-20-14-21(25(39-4)15-23(20)36(3)11-10-31-2)34-29-32-16-19(30)28(35-29)27-18-8-6-7-9-22(18)37-12-13-40-17-24(27)37/h5-9,14-16,31H,1,10-13,17H2,2-4H3,(H,33,38)(H,32,34,35). The van der Waals surface area contributed by atoms with Crippen LogP contribution >= 0.6 is 0 Å². The molecular weight excluding hydrogens is 513 g/mol. The second kappa shape index (κ2) is 11.7. The maximum absolute atomic E-state index is 15.3. The number of rotatable bonds is 10. The number of aromatic nitrogens is 3. The SMILES string of the molecule is C=CC(=O)Nc1cc(Nc2ncc(F)c(-c3c4n(c5ccccc35)CCOC4)n2)c(OC)cc1N(C)CCNC. The highest BCUT2D eigenvalue weighted by Gasteiger charge is 2.25. The summed E-state index contributed by atoms with van der Waals surface area (Å²) in [5.41, 5.74) is 4.53. The summed E-state index contributed by atoms with van der Waals surface area (Å²) in [5, 5.41) is 10.0. The molecule has 2 aromatic carbocycles. The molecule has 3 heterocycles. The molecule has 208 valence electrons. The third kappa shape index (κ3) is 5.21. The summed E-state index contributed by atoms with van der Waals surface area (Å²) in [4.78, 5) is 23.0. The molecule has 0 saturated carbocycles.